The molecule has 3 amide bonds. The second-order valence-corrected chi connectivity index (χ2v) is 7.46. The minimum absolute atomic E-state index is 0.0591. The molecule has 3 heterocycles. The topological polar surface area (TPSA) is 71.5 Å². The van der Waals surface area contributed by atoms with E-state index >= 15 is 0 Å². The summed E-state index contributed by atoms with van der Waals surface area (Å²) >= 11 is 0. The van der Waals surface area contributed by atoms with Crippen LogP contribution in [-0.2, 0) is 11.3 Å². The molecule has 1 aromatic carbocycles. The Hall–Kier alpha value is -2.52. The first-order chi connectivity index (χ1) is 13.3. The summed E-state index contributed by atoms with van der Waals surface area (Å²) in [6.45, 7) is 6.53. The van der Waals surface area contributed by atoms with Crippen LogP contribution in [0, 0.1) is 5.82 Å². The van der Waals surface area contributed by atoms with E-state index in [0.717, 1.165) is 10.6 Å². The standard InChI is InChI=1S/C19H25FN6O2/c1-5-25-18-21-16-15(26(18)12(3)11(2)22-25)17(27)24(19(28)23(16)4)10-13-8-6-7-9-14(13)20/h6-9,12,15-16,18,21H,5,10H2,1-4H3. The molecule has 0 aliphatic carbocycles. The van der Waals surface area contributed by atoms with Crippen LogP contribution in [0.3, 0.4) is 0 Å². The molecule has 1 aromatic rings. The van der Waals surface area contributed by atoms with Gasteiger partial charge in [-0.2, -0.15) is 5.10 Å². The van der Waals surface area contributed by atoms with Crippen molar-refractivity contribution in [3.05, 3.63) is 35.6 Å². The molecule has 3 aliphatic heterocycles. The van der Waals surface area contributed by atoms with Crippen molar-refractivity contribution in [3.8, 4) is 0 Å². The number of imide groups is 1. The highest BCUT2D eigenvalue weighted by molar-refractivity contribution is 6.01. The first kappa shape index (κ1) is 18.8. The largest absolute Gasteiger partial charge is 0.328 e. The molecule has 4 atom stereocenters. The van der Waals surface area contributed by atoms with Crippen LogP contribution in [0.1, 0.15) is 26.3 Å². The first-order valence-corrected chi connectivity index (χ1v) is 9.52. The predicted molar refractivity (Wildman–Crippen MR) is 101 cm³/mol. The number of nitrogens with zero attached hydrogens (tertiary/aromatic N) is 5. The second kappa shape index (κ2) is 6.82. The van der Waals surface area contributed by atoms with Gasteiger partial charge in [0.25, 0.3) is 5.91 Å². The number of rotatable bonds is 3. The lowest BCUT2D eigenvalue weighted by molar-refractivity contribution is -0.140. The van der Waals surface area contributed by atoms with Crippen LogP contribution in [0.5, 0.6) is 0 Å². The van der Waals surface area contributed by atoms with Gasteiger partial charge in [-0.3, -0.25) is 20.0 Å². The molecule has 0 spiro atoms. The maximum Gasteiger partial charge on any atom is 0.328 e. The molecule has 4 unspecified atom stereocenters. The SMILES string of the molecule is CCN1N=C(C)C(C)N2C3C(=O)N(Cc4ccccc4F)C(=O)N(C)C3NC12. The minimum atomic E-state index is -0.561. The summed E-state index contributed by atoms with van der Waals surface area (Å²) in [5.41, 5.74) is 1.23. The fraction of sp³-hybridized carbons (Fsp3) is 0.526. The average Bonchev–Trinajstić information content (AvgIpc) is 3.09. The van der Waals surface area contributed by atoms with Crippen LogP contribution >= 0.6 is 0 Å². The van der Waals surface area contributed by atoms with Crippen LogP contribution in [0.2, 0.25) is 0 Å². The summed E-state index contributed by atoms with van der Waals surface area (Å²) < 4.78 is 14.1. The molecule has 8 nitrogen and oxygen atoms in total. The van der Waals surface area contributed by atoms with Crippen molar-refractivity contribution in [2.45, 2.75) is 51.9 Å². The smallest absolute Gasteiger partial charge is 0.310 e. The highest BCUT2D eigenvalue weighted by Crippen LogP contribution is 2.33. The monoisotopic (exact) mass is 388 g/mol. The Bertz CT molecular complexity index is 845. The summed E-state index contributed by atoms with van der Waals surface area (Å²) in [5.74, 6) is -0.745. The molecule has 0 bridgehead atoms. The zero-order valence-corrected chi connectivity index (χ0v) is 16.5. The number of halogens is 1. The van der Waals surface area contributed by atoms with Crippen molar-refractivity contribution in [2.75, 3.05) is 13.6 Å². The van der Waals surface area contributed by atoms with E-state index in [2.05, 4.69) is 15.3 Å². The third kappa shape index (κ3) is 2.68. The molecular weight excluding hydrogens is 363 g/mol. The summed E-state index contributed by atoms with van der Waals surface area (Å²) in [5, 5.41) is 9.89. The Balaban J connectivity index is 1.69. The van der Waals surface area contributed by atoms with E-state index in [1.54, 1.807) is 25.2 Å². The van der Waals surface area contributed by atoms with E-state index in [-0.39, 0.29) is 24.8 Å². The number of carbonyl (C=O) groups excluding carboxylic acids is 2. The molecule has 0 aromatic heterocycles. The molecule has 150 valence electrons. The summed E-state index contributed by atoms with van der Waals surface area (Å²) in [7, 11) is 1.67. The number of carbonyl (C=O) groups is 2. The van der Waals surface area contributed by atoms with E-state index in [0.29, 0.717) is 12.1 Å². The molecule has 0 saturated carbocycles. The Kier molecular flexibility index (Phi) is 4.59. The van der Waals surface area contributed by atoms with Crippen LogP contribution < -0.4 is 5.32 Å². The van der Waals surface area contributed by atoms with Crippen LogP contribution in [0.25, 0.3) is 0 Å². The first-order valence-electron chi connectivity index (χ1n) is 9.52. The van der Waals surface area contributed by atoms with Crippen molar-refractivity contribution < 1.29 is 14.0 Å². The minimum Gasteiger partial charge on any atom is -0.310 e. The lowest BCUT2D eigenvalue weighted by Crippen LogP contribution is -2.67. The number of amides is 3. The average molecular weight is 388 g/mol. The number of nitrogens with one attached hydrogen (secondary N) is 1. The van der Waals surface area contributed by atoms with Gasteiger partial charge in [-0.05, 0) is 26.8 Å². The molecule has 9 heteroatoms. The van der Waals surface area contributed by atoms with Gasteiger partial charge in [0.05, 0.1) is 18.3 Å². The van der Waals surface area contributed by atoms with Gasteiger partial charge in [0.15, 0.2) is 6.29 Å². The number of benzene rings is 1. The quantitative estimate of drug-likeness (QED) is 0.843. The van der Waals surface area contributed by atoms with Gasteiger partial charge in [-0.25, -0.2) is 14.1 Å². The molecule has 0 radical (unpaired) electrons. The molecular formula is C19H25FN6O2. The van der Waals surface area contributed by atoms with Gasteiger partial charge in [-0.1, -0.05) is 18.2 Å². The zero-order chi connectivity index (χ0) is 20.2. The molecule has 3 aliphatic rings. The van der Waals surface area contributed by atoms with E-state index in [1.807, 2.05) is 25.8 Å². The van der Waals surface area contributed by atoms with Gasteiger partial charge < -0.3 is 4.90 Å². The van der Waals surface area contributed by atoms with Gasteiger partial charge in [0.1, 0.15) is 18.0 Å². The van der Waals surface area contributed by atoms with Gasteiger partial charge in [-0.15, -0.1) is 0 Å². The van der Waals surface area contributed by atoms with Crippen molar-refractivity contribution in [1.29, 1.82) is 0 Å². The Morgan fingerprint density at radius 1 is 1.25 bits per heavy atom. The number of fused-ring (bicyclic) bond motifs is 3. The fourth-order valence-electron chi connectivity index (χ4n) is 4.23. The van der Waals surface area contributed by atoms with Gasteiger partial charge >= 0.3 is 6.03 Å². The lowest BCUT2D eigenvalue weighted by atomic mass is 10.0. The van der Waals surface area contributed by atoms with E-state index in [9.17, 15) is 14.0 Å². The summed E-state index contributed by atoms with van der Waals surface area (Å²) in [4.78, 5) is 31.0. The maximum atomic E-state index is 14.1. The number of hydrogen-bond donors (Lipinski definition) is 1. The van der Waals surface area contributed by atoms with Crippen molar-refractivity contribution in [2.24, 2.45) is 5.10 Å². The van der Waals surface area contributed by atoms with Crippen LogP contribution in [-0.4, -0.2) is 75.5 Å². The van der Waals surface area contributed by atoms with E-state index in [4.69, 9.17) is 0 Å². The third-order valence-corrected chi connectivity index (χ3v) is 5.92. The number of hydrazone groups is 1. The highest BCUT2D eigenvalue weighted by atomic mass is 19.1. The van der Waals surface area contributed by atoms with Crippen molar-refractivity contribution in [3.63, 3.8) is 0 Å². The number of likely N-dealkylation sites (N-methyl/N-ethyl adjacent to an activating group) is 1. The molecule has 2 fully saturated rings. The second-order valence-electron chi connectivity index (χ2n) is 7.46. The van der Waals surface area contributed by atoms with Crippen LogP contribution in [0.4, 0.5) is 9.18 Å². The zero-order valence-electron chi connectivity index (χ0n) is 16.5. The Labute approximate surface area is 163 Å². The Morgan fingerprint density at radius 3 is 2.64 bits per heavy atom. The van der Waals surface area contributed by atoms with Crippen molar-refractivity contribution >= 4 is 17.6 Å². The third-order valence-electron chi connectivity index (χ3n) is 5.92. The van der Waals surface area contributed by atoms with Crippen molar-refractivity contribution in [1.82, 2.24) is 25.0 Å². The number of hydrogen-bond acceptors (Lipinski definition) is 6. The predicted octanol–water partition coefficient (Wildman–Crippen LogP) is 1.20. The Morgan fingerprint density at radius 2 is 1.96 bits per heavy atom. The molecule has 1 N–H and O–H groups in total. The number of urea groups is 1. The summed E-state index contributed by atoms with van der Waals surface area (Å²) in [6, 6.07) is 5.16. The molecule has 4 rings (SSSR count). The highest BCUT2D eigenvalue weighted by Gasteiger charge is 2.57. The maximum absolute atomic E-state index is 14.1. The van der Waals surface area contributed by atoms with E-state index in [1.165, 1.54) is 11.0 Å². The van der Waals surface area contributed by atoms with E-state index < -0.39 is 24.1 Å². The van der Waals surface area contributed by atoms with Gasteiger partial charge in [0, 0.05) is 19.2 Å². The molecule has 28 heavy (non-hydrogen) atoms. The normalized spacial score (nSPS) is 30.5. The molecule has 2 saturated heterocycles. The summed E-state index contributed by atoms with van der Waals surface area (Å²) in [6.07, 6.45) is -0.731. The van der Waals surface area contributed by atoms with Gasteiger partial charge in [0.2, 0.25) is 0 Å². The fourth-order valence-corrected chi connectivity index (χ4v) is 4.23. The lowest BCUT2D eigenvalue weighted by Gasteiger charge is -2.44. The van der Waals surface area contributed by atoms with Crippen LogP contribution in [0.15, 0.2) is 29.4 Å².